The van der Waals surface area contributed by atoms with Gasteiger partial charge in [0.25, 0.3) is 0 Å². The summed E-state index contributed by atoms with van der Waals surface area (Å²) in [5.74, 6) is 0. The van der Waals surface area contributed by atoms with Crippen LogP contribution >= 0.6 is 12.4 Å². The van der Waals surface area contributed by atoms with Gasteiger partial charge in [-0.3, -0.25) is 0 Å². The van der Waals surface area contributed by atoms with Gasteiger partial charge in [0.2, 0.25) is 0 Å². The van der Waals surface area contributed by atoms with Gasteiger partial charge in [0.1, 0.15) is 0 Å². The van der Waals surface area contributed by atoms with Crippen LogP contribution in [0.5, 0.6) is 0 Å². The van der Waals surface area contributed by atoms with E-state index in [-0.39, 0.29) is 30.6 Å². The summed E-state index contributed by atoms with van der Waals surface area (Å²) < 4.78 is 43.4. The van der Waals surface area contributed by atoms with Crippen molar-refractivity contribution < 1.29 is 17.9 Å². The Kier molecular flexibility index (Phi) is 4.80. The van der Waals surface area contributed by atoms with Gasteiger partial charge in [0.05, 0.1) is 24.8 Å². The minimum Gasteiger partial charge on any atom is -0.378 e. The lowest BCUT2D eigenvalue weighted by atomic mass is 10.00. The molecular formula is C11H13ClF3NO. The predicted octanol–water partition coefficient (Wildman–Crippen LogP) is 2.79. The normalized spacial score (nSPS) is 20.8. The zero-order chi connectivity index (χ0) is 11.6. The molecule has 1 aliphatic heterocycles. The summed E-state index contributed by atoms with van der Waals surface area (Å²) in [7, 11) is 0. The summed E-state index contributed by atoms with van der Waals surface area (Å²) in [6.07, 6.45) is -4.31. The van der Waals surface area contributed by atoms with Gasteiger partial charge >= 0.3 is 6.18 Å². The number of alkyl halides is 3. The molecule has 1 aliphatic rings. The summed E-state index contributed by atoms with van der Waals surface area (Å²) in [6.45, 7) is 1.41. The van der Waals surface area contributed by atoms with Gasteiger partial charge in [-0.2, -0.15) is 13.2 Å². The van der Waals surface area contributed by atoms with Crippen molar-refractivity contribution in [2.45, 2.75) is 12.2 Å². The van der Waals surface area contributed by atoms with Crippen LogP contribution in [0, 0.1) is 0 Å². The Morgan fingerprint density at radius 1 is 1.24 bits per heavy atom. The fourth-order valence-electron chi connectivity index (χ4n) is 1.82. The summed E-state index contributed by atoms with van der Waals surface area (Å²) >= 11 is 0. The SMILES string of the molecule is Cl.FC(F)(F)c1ccccc1[C@@H]1COCCN1. The van der Waals surface area contributed by atoms with E-state index in [1.165, 1.54) is 12.1 Å². The molecule has 96 valence electrons. The molecule has 1 aromatic rings. The number of morpholine rings is 1. The van der Waals surface area contributed by atoms with Crippen LogP contribution in [-0.4, -0.2) is 19.8 Å². The first-order chi connectivity index (χ1) is 7.59. The van der Waals surface area contributed by atoms with E-state index in [1.54, 1.807) is 6.07 Å². The van der Waals surface area contributed by atoms with Crippen molar-refractivity contribution in [3.05, 3.63) is 35.4 Å². The number of benzene rings is 1. The molecule has 2 rings (SSSR count). The number of halogens is 4. The van der Waals surface area contributed by atoms with Crippen LogP contribution < -0.4 is 5.32 Å². The van der Waals surface area contributed by atoms with Crippen LogP contribution in [0.25, 0.3) is 0 Å². The summed E-state index contributed by atoms with van der Waals surface area (Å²) in [4.78, 5) is 0. The van der Waals surface area contributed by atoms with E-state index >= 15 is 0 Å². The maximum atomic E-state index is 12.7. The molecule has 0 saturated carbocycles. The van der Waals surface area contributed by atoms with Crippen molar-refractivity contribution in [1.29, 1.82) is 0 Å². The van der Waals surface area contributed by atoms with Crippen molar-refractivity contribution in [3.63, 3.8) is 0 Å². The van der Waals surface area contributed by atoms with E-state index in [9.17, 15) is 13.2 Å². The Balaban J connectivity index is 0.00000144. The standard InChI is InChI=1S/C11H12F3NO.ClH/c12-11(13,14)9-4-2-1-3-8(9)10-7-16-6-5-15-10;/h1-4,10,15H,5-7H2;1H/t10-;/m0./s1. The molecule has 0 radical (unpaired) electrons. The zero-order valence-corrected chi connectivity index (χ0v) is 9.77. The van der Waals surface area contributed by atoms with Gasteiger partial charge in [-0.1, -0.05) is 18.2 Å². The Bertz CT molecular complexity index is 364. The number of hydrogen-bond donors (Lipinski definition) is 1. The van der Waals surface area contributed by atoms with Crippen LogP contribution in [0.4, 0.5) is 13.2 Å². The Labute approximate surface area is 104 Å². The highest BCUT2D eigenvalue weighted by molar-refractivity contribution is 5.85. The predicted molar refractivity (Wildman–Crippen MR) is 60.3 cm³/mol. The van der Waals surface area contributed by atoms with Crippen molar-refractivity contribution >= 4 is 12.4 Å². The molecule has 0 aliphatic carbocycles. The topological polar surface area (TPSA) is 21.3 Å². The van der Waals surface area contributed by atoms with Crippen LogP contribution in [-0.2, 0) is 10.9 Å². The third-order valence-corrected chi connectivity index (χ3v) is 2.56. The Hall–Kier alpha value is -0.780. The molecule has 0 amide bonds. The van der Waals surface area contributed by atoms with Gasteiger partial charge in [-0.25, -0.2) is 0 Å². The highest BCUT2D eigenvalue weighted by Crippen LogP contribution is 2.34. The van der Waals surface area contributed by atoms with E-state index in [1.807, 2.05) is 0 Å². The van der Waals surface area contributed by atoms with Crippen LogP contribution in [0.1, 0.15) is 17.2 Å². The Morgan fingerprint density at radius 2 is 1.94 bits per heavy atom. The number of ether oxygens (including phenoxy) is 1. The van der Waals surface area contributed by atoms with Gasteiger partial charge < -0.3 is 10.1 Å². The lowest BCUT2D eigenvalue weighted by Crippen LogP contribution is -2.35. The molecule has 2 nitrogen and oxygen atoms in total. The average molecular weight is 268 g/mol. The number of hydrogen-bond acceptors (Lipinski definition) is 2. The lowest BCUT2D eigenvalue weighted by molar-refractivity contribution is -0.138. The molecule has 0 bridgehead atoms. The second-order valence-corrected chi connectivity index (χ2v) is 3.67. The molecule has 1 aromatic carbocycles. The smallest absolute Gasteiger partial charge is 0.378 e. The molecule has 1 saturated heterocycles. The quantitative estimate of drug-likeness (QED) is 0.845. The maximum absolute atomic E-state index is 12.7. The first-order valence-corrected chi connectivity index (χ1v) is 5.06. The fourth-order valence-corrected chi connectivity index (χ4v) is 1.82. The highest BCUT2D eigenvalue weighted by atomic mass is 35.5. The molecule has 0 spiro atoms. The number of rotatable bonds is 1. The van der Waals surface area contributed by atoms with E-state index in [4.69, 9.17) is 4.74 Å². The van der Waals surface area contributed by atoms with E-state index < -0.39 is 11.7 Å². The van der Waals surface area contributed by atoms with Crippen molar-refractivity contribution in [1.82, 2.24) is 5.32 Å². The largest absolute Gasteiger partial charge is 0.416 e. The van der Waals surface area contributed by atoms with Crippen LogP contribution in [0.2, 0.25) is 0 Å². The fraction of sp³-hybridized carbons (Fsp3) is 0.455. The van der Waals surface area contributed by atoms with E-state index in [2.05, 4.69) is 5.32 Å². The summed E-state index contributed by atoms with van der Waals surface area (Å²) in [6, 6.07) is 5.24. The van der Waals surface area contributed by atoms with Gasteiger partial charge in [-0.15, -0.1) is 12.4 Å². The van der Waals surface area contributed by atoms with Gasteiger partial charge in [-0.05, 0) is 11.6 Å². The third kappa shape index (κ3) is 3.34. The third-order valence-electron chi connectivity index (χ3n) is 2.56. The van der Waals surface area contributed by atoms with E-state index in [0.29, 0.717) is 13.2 Å². The molecular weight excluding hydrogens is 255 g/mol. The Morgan fingerprint density at radius 3 is 2.53 bits per heavy atom. The second-order valence-electron chi connectivity index (χ2n) is 3.67. The highest BCUT2D eigenvalue weighted by Gasteiger charge is 2.35. The van der Waals surface area contributed by atoms with Crippen LogP contribution in [0.15, 0.2) is 24.3 Å². The monoisotopic (exact) mass is 267 g/mol. The molecule has 1 fully saturated rings. The summed E-state index contributed by atoms with van der Waals surface area (Å²) in [5, 5.41) is 3.02. The molecule has 6 heteroatoms. The van der Waals surface area contributed by atoms with Crippen LogP contribution in [0.3, 0.4) is 0 Å². The van der Waals surface area contributed by atoms with Crippen molar-refractivity contribution in [3.8, 4) is 0 Å². The molecule has 17 heavy (non-hydrogen) atoms. The van der Waals surface area contributed by atoms with Crippen molar-refractivity contribution in [2.24, 2.45) is 0 Å². The summed E-state index contributed by atoms with van der Waals surface area (Å²) in [5.41, 5.74) is -0.326. The first-order valence-electron chi connectivity index (χ1n) is 5.06. The molecule has 1 N–H and O–H groups in total. The zero-order valence-electron chi connectivity index (χ0n) is 8.96. The van der Waals surface area contributed by atoms with Gasteiger partial charge in [0, 0.05) is 6.54 Å². The molecule has 0 unspecified atom stereocenters. The van der Waals surface area contributed by atoms with Gasteiger partial charge in [0.15, 0.2) is 0 Å². The van der Waals surface area contributed by atoms with Crippen molar-refractivity contribution in [2.75, 3.05) is 19.8 Å². The minimum atomic E-state index is -4.31. The molecule has 1 heterocycles. The maximum Gasteiger partial charge on any atom is 0.416 e. The second kappa shape index (κ2) is 5.71. The molecule has 0 aromatic heterocycles. The average Bonchev–Trinajstić information content (AvgIpc) is 2.29. The minimum absolute atomic E-state index is 0. The molecule has 1 atom stereocenters. The van der Waals surface area contributed by atoms with E-state index in [0.717, 1.165) is 6.07 Å². The lowest BCUT2D eigenvalue weighted by Gasteiger charge is -2.26. The first kappa shape index (κ1) is 14.3. The number of nitrogens with one attached hydrogen (secondary N) is 1.